The van der Waals surface area contributed by atoms with Crippen molar-refractivity contribution in [1.29, 1.82) is 0 Å². The summed E-state index contributed by atoms with van der Waals surface area (Å²) in [4.78, 5) is 20.7. The Balaban J connectivity index is 1.63. The Labute approximate surface area is 152 Å². The molecule has 2 saturated heterocycles. The van der Waals surface area contributed by atoms with Crippen LogP contribution in [-0.2, 0) is 14.9 Å². The summed E-state index contributed by atoms with van der Waals surface area (Å²) in [7, 11) is -3.53. The molecule has 2 aliphatic rings. The number of piperazine rings is 1. The van der Waals surface area contributed by atoms with Gasteiger partial charge in [0.15, 0.2) is 5.69 Å². The molecule has 2 atom stereocenters. The summed E-state index contributed by atoms with van der Waals surface area (Å²) in [6, 6.07) is 0. The topological polar surface area (TPSA) is 116 Å². The minimum Gasteiger partial charge on any atom is -0.476 e. The zero-order valence-corrected chi connectivity index (χ0v) is 15.6. The molecule has 0 amide bonds. The molecule has 26 heavy (non-hydrogen) atoms. The fraction of sp³-hybridized carbons (Fsp3) is 0.667. The standard InChI is InChI=1S/C15H23N5O5S/c1-11-9-20(10-12(2)25-11)26(23,24)19-5-3-18(4-6-19)14-8-16-13(7-17-14)15(21)22/h7-8,11-12H,3-6,9-10H2,1-2H3,(H,21,22). The van der Waals surface area contributed by atoms with E-state index in [1.807, 2.05) is 18.7 Å². The van der Waals surface area contributed by atoms with Crippen molar-refractivity contribution in [2.45, 2.75) is 26.1 Å². The van der Waals surface area contributed by atoms with Crippen molar-refractivity contribution in [1.82, 2.24) is 18.6 Å². The van der Waals surface area contributed by atoms with Crippen molar-refractivity contribution in [3.63, 3.8) is 0 Å². The fourth-order valence-electron chi connectivity index (χ4n) is 3.23. The molecule has 0 aromatic carbocycles. The summed E-state index contributed by atoms with van der Waals surface area (Å²) in [5.74, 6) is -0.588. The number of aromatic carboxylic acids is 1. The van der Waals surface area contributed by atoms with E-state index in [2.05, 4.69) is 9.97 Å². The van der Waals surface area contributed by atoms with E-state index in [0.717, 1.165) is 0 Å². The molecule has 3 heterocycles. The first kappa shape index (κ1) is 19.0. The Morgan fingerprint density at radius 1 is 1.08 bits per heavy atom. The molecule has 2 aliphatic heterocycles. The predicted molar refractivity (Wildman–Crippen MR) is 93.3 cm³/mol. The third-order valence-corrected chi connectivity index (χ3v) is 6.43. The lowest BCUT2D eigenvalue weighted by Gasteiger charge is -2.40. The van der Waals surface area contributed by atoms with E-state index in [0.29, 0.717) is 45.1 Å². The number of ether oxygens (including phenoxy) is 1. The van der Waals surface area contributed by atoms with E-state index in [1.54, 1.807) is 0 Å². The van der Waals surface area contributed by atoms with Gasteiger partial charge in [0.2, 0.25) is 0 Å². The number of aromatic nitrogens is 2. The number of morpholine rings is 1. The smallest absolute Gasteiger partial charge is 0.356 e. The maximum atomic E-state index is 12.9. The normalized spacial score (nSPS) is 26.0. The van der Waals surface area contributed by atoms with E-state index < -0.39 is 16.2 Å². The molecule has 1 aromatic rings. The van der Waals surface area contributed by atoms with Crippen molar-refractivity contribution >= 4 is 22.0 Å². The first-order chi connectivity index (χ1) is 12.3. The number of carboxylic acid groups (broad SMARTS) is 1. The Morgan fingerprint density at radius 3 is 2.19 bits per heavy atom. The predicted octanol–water partition coefficient (Wildman–Crippen LogP) is -0.349. The van der Waals surface area contributed by atoms with E-state index in [-0.39, 0.29) is 17.9 Å². The van der Waals surface area contributed by atoms with Crippen LogP contribution >= 0.6 is 0 Å². The van der Waals surface area contributed by atoms with Crippen LogP contribution in [0.4, 0.5) is 5.82 Å². The molecule has 10 nitrogen and oxygen atoms in total. The summed E-state index contributed by atoms with van der Waals surface area (Å²) in [5.41, 5.74) is -0.120. The lowest BCUT2D eigenvalue weighted by Crippen LogP contribution is -2.57. The van der Waals surface area contributed by atoms with Crippen molar-refractivity contribution in [3.05, 3.63) is 18.1 Å². The summed E-state index contributed by atoms with van der Waals surface area (Å²) < 4.78 is 34.3. The van der Waals surface area contributed by atoms with Gasteiger partial charge in [0.25, 0.3) is 10.2 Å². The quantitative estimate of drug-likeness (QED) is 0.748. The Hall–Kier alpha value is -1.82. The van der Waals surface area contributed by atoms with Crippen LogP contribution in [0, 0.1) is 0 Å². The van der Waals surface area contributed by atoms with E-state index >= 15 is 0 Å². The second-order valence-electron chi connectivity index (χ2n) is 6.53. The number of hydrogen-bond donors (Lipinski definition) is 1. The van der Waals surface area contributed by atoms with Gasteiger partial charge >= 0.3 is 5.97 Å². The molecule has 0 radical (unpaired) electrons. The average Bonchev–Trinajstić information content (AvgIpc) is 2.61. The number of anilines is 1. The van der Waals surface area contributed by atoms with Gasteiger partial charge < -0.3 is 14.7 Å². The van der Waals surface area contributed by atoms with Gasteiger partial charge in [-0.2, -0.15) is 17.0 Å². The summed E-state index contributed by atoms with van der Waals surface area (Å²) in [5, 5.41) is 8.87. The Kier molecular flexibility index (Phi) is 5.42. The lowest BCUT2D eigenvalue weighted by molar-refractivity contribution is -0.0455. The van der Waals surface area contributed by atoms with Gasteiger partial charge in [-0.3, -0.25) is 0 Å². The van der Waals surface area contributed by atoms with Crippen molar-refractivity contribution in [2.75, 3.05) is 44.2 Å². The van der Waals surface area contributed by atoms with Crippen LogP contribution in [0.1, 0.15) is 24.3 Å². The van der Waals surface area contributed by atoms with Crippen LogP contribution in [-0.4, -0.2) is 89.5 Å². The molecule has 1 N–H and O–H groups in total. The van der Waals surface area contributed by atoms with Gasteiger partial charge in [-0.1, -0.05) is 0 Å². The van der Waals surface area contributed by atoms with Crippen LogP contribution < -0.4 is 4.90 Å². The maximum absolute atomic E-state index is 12.9. The van der Waals surface area contributed by atoms with Crippen molar-refractivity contribution in [2.24, 2.45) is 0 Å². The molecule has 144 valence electrons. The first-order valence-corrected chi connectivity index (χ1v) is 9.88. The highest BCUT2D eigenvalue weighted by Gasteiger charge is 2.36. The van der Waals surface area contributed by atoms with Gasteiger partial charge in [-0.15, -0.1) is 0 Å². The number of carbonyl (C=O) groups is 1. The van der Waals surface area contributed by atoms with Crippen LogP contribution in [0.5, 0.6) is 0 Å². The van der Waals surface area contributed by atoms with E-state index in [4.69, 9.17) is 9.84 Å². The molecular formula is C15H23N5O5S. The Bertz CT molecular complexity index is 738. The van der Waals surface area contributed by atoms with Crippen LogP contribution in [0.15, 0.2) is 12.4 Å². The van der Waals surface area contributed by atoms with Crippen LogP contribution in [0.25, 0.3) is 0 Å². The number of hydrogen-bond acceptors (Lipinski definition) is 7. The highest BCUT2D eigenvalue weighted by atomic mass is 32.2. The molecule has 0 spiro atoms. The fourth-order valence-corrected chi connectivity index (χ4v) is 4.97. The summed E-state index contributed by atoms with van der Waals surface area (Å²) in [6.07, 6.45) is 2.35. The SMILES string of the molecule is CC1CN(S(=O)(=O)N2CCN(c3cnc(C(=O)O)cn3)CC2)CC(C)O1. The zero-order valence-electron chi connectivity index (χ0n) is 14.8. The largest absolute Gasteiger partial charge is 0.476 e. The van der Waals surface area contributed by atoms with Crippen LogP contribution in [0.3, 0.4) is 0 Å². The highest BCUT2D eigenvalue weighted by molar-refractivity contribution is 7.86. The third kappa shape index (κ3) is 3.95. The van der Waals surface area contributed by atoms with E-state index in [9.17, 15) is 13.2 Å². The highest BCUT2D eigenvalue weighted by Crippen LogP contribution is 2.20. The minimum absolute atomic E-state index is 0.120. The maximum Gasteiger partial charge on any atom is 0.356 e. The summed E-state index contributed by atoms with van der Waals surface area (Å²) in [6.45, 7) is 6.07. The zero-order chi connectivity index (χ0) is 18.9. The van der Waals surface area contributed by atoms with Gasteiger partial charge in [0.1, 0.15) is 5.82 Å². The van der Waals surface area contributed by atoms with Gasteiger partial charge in [0, 0.05) is 39.3 Å². The number of nitrogens with zero attached hydrogens (tertiary/aromatic N) is 5. The molecule has 3 rings (SSSR count). The molecule has 0 saturated carbocycles. The molecule has 11 heteroatoms. The van der Waals surface area contributed by atoms with Crippen molar-refractivity contribution < 1.29 is 23.1 Å². The van der Waals surface area contributed by atoms with Gasteiger partial charge in [0.05, 0.1) is 24.6 Å². The summed E-state index contributed by atoms with van der Waals surface area (Å²) >= 11 is 0. The molecule has 1 aromatic heterocycles. The monoisotopic (exact) mass is 385 g/mol. The molecule has 2 unspecified atom stereocenters. The second-order valence-corrected chi connectivity index (χ2v) is 8.46. The molecule has 0 aliphatic carbocycles. The van der Waals surface area contributed by atoms with Gasteiger partial charge in [-0.05, 0) is 13.8 Å². The average molecular weight is 385 g/mol. The third-order valence-electron chi connectivity index (χ3n) is 4.46. The number of carboxylic acids is 1. The first-order valence-electron chi connectivity index (χ1n) is 8.48. The Morgan fingerprint density at radius 2 is 1.69 bits per heavy atom. The molecule has 0 bridgehead atoms. The molecular weight excluding hydrogens is 362 g/mol. The van der Waals surface area contributed by atoms with Crippen molar-refractivity contribution in [3.8, 4) is 0 Å². The van der Waals surface area contributed by atoms with E-state index in [1.165, 1.54) is 21.0 Å². The molecule has 2 fully saturated rings. The lowest BCUT2D eigenvalue weighted by atomic mass is 10.3. The number of rotatable bonds is 4. The van der Waals surface area contributed by atoms with Crippen LogP contribution in [0.2, 0.25) is 0 Å². The van der Waals surface area contributed by atoms with Gasteiger partial charge in [-0.25, -0.2) is 14.8 Å². The minimum atomic E-state index is -3.53. The second kappa shape index (κ2) is 7.43.